The minimum absolute atomic E-state index is 0.240. The predicted molar refractivity (Wildman–Crippen MR) is 122 cm³/mol. The van der Waals surface area contributed by atoms with Gasteiger partial charge in [0.05, 0.1) is 25.9 Å². The fourth-order valence-corrected chi connectivity index (χ4v) is 3.23. The molecule has 2 amide bonds. The summed E-state index contributed by atoms with van der Waals surface area (Å²) in [6.07, 6.45) is -6.76. The van der Waals surface area contributed by atoms with Crippen LogP contribution in [0.3, 0.4) is 0 Å². The van der Waals surface area contributed by atoms with Gasteiger partial charge >= 0.3 is 29.7 Å². The van der Waals surface area contributed by atoms with E-state index < -0.39 is 112 Å². The zero-order valence-corrected chi connectivity index (χ0v) is 21.3. The predicted octanol–water partition coefficient (Wildman–Crippen LogP) is 3.74. The van der Waals surface area contributed by atoms with Crippen molar-refractivity contribution >= 4 is 23.8 Å². The first-order valence-electron chi connectivity index (χ1n) is 11.8. The Kier molecular flexibility index (Phi) is 12.0. The molecule has 8 nitrogen and oxygen atoms in total. The first-order chi connectivity index (χ1) is 18.2. The Morgan fingerprint density at radius 2 is 1.73 bits per heavy atom. The van der Waals surface area contributed by atoms with Gasteiger partial charge in [0.2, 0.25) is 11.8 Å². The molecule has 0 bridgehead atoms. The summed E-state index contributed by atoms with van der Waals surface area (Å²) in [5, 5.41) is 8.70. The van der Waals surface area contributed by atoms with Crippen LogP contribution in [0.4, 0.5) is 35.1 Å². The molecule has 1 unspecified atom stereocenters. The normalized spacial score (nSPS) is 17.4. The largest absolute Gasteiger partial charge is 0.481 e. The van der Waals surface area contributed by atoms with E-state index in [2.05, 4.69) is 11.3 Å². The first-order valence-corrected chi connectivity index (χ1v) is 11.8. The number of halogens is 8. The summed E-state index contributed by atoms with van der Waals surface area (Å²) in [6, 6.07) is 0. The third kappa shape index (κ3) is 10.6. The lowest BCUT2D eigenvalue weighted by molar-refractivity contribution is -0.188. The van der Waals surface area contributed by atoms with Crippen molar-refractivity contribution in [3.8, 4) is 11.8 Å². The van der Waals surface area contributed by atoms with E-state index in [9.17, 15) is 54.3 Å². The average Bonchev–Trinajstić information content (AvgIpc) is 2.84. The van der Waals surface area contributed by atoms with Gasteiger partial charge in [-0.25, -0.2) is 17.6 Å². The Bertz CT molecular complexity index is 1020. The first kappa shape index (κ1) is 34.6. The number of esters is 1. The highest BCUT2D eigenvalue weighted by Crippen LogP contribution is 2.35. The van der Waals surface area contributed by atoms with Crippen LogP contribution in [0.15, 0.2) is 12.7 Å². The van der Waals surface area contributed by atoms with Crippen molar-refractivity contribution in [3.63, 3.8) is 0 Å². The summed E-state index contributed by atoms with van der Waals surface area (Å²) in [7, 11) is 0. The number of carbonyl (C=O) groups is 4. The zero-order chi connectivity index (χ0) is 30.9. The lowest BCUT2D eigenvalue weighted by atomic mass is 10.1. The molecule has 0 saturated heterocycles. The summed E-state index contributed by atoms with van der Waals surface area (Å²) in [5.74, 6) is -19.1. The van der Waals surface area contributed by atoms with Crippen LogP contribution in [0, 0.1) is 11.8 Å². The van der Waals surface area contributed by atoms with Crippen LogP contribution in [0.2, 0.25) is 0 Å². The number of hydrogen-bond donors (Lipinski definition) is 1. The van der Waals surface area contributed by atoms with Gasteiger partial charge in [0.15, 0.2) is 6.10 Å². The van der Waals surface area contributed by atoms with Gasteiger partial charge < -0.3 is 19.6 Å². The number of aliphatic carboxylic acids is 1. The maximum absolute atomic E-state index is 14.8. The number of allylic oxidation sites excluding steroid dienone is 1. The number of hydrogen-bond acceptors (Lipinski definition) is 5. The van der Waals surface area contributed by atoms with E-state index in [-0.39, 0.29) is 12.5 Å². The van der Waals surface area contributed by atoms with Gasteiger partial charge in [-0.3, -0.25) is 19.2 Å². The highest BCUT2D eigenvalue weighted by molar-refractivity contribution is 5.82. The van der Waals surface area contributed by atoms with Gasteiger partial charge in [0.1, 0.15) is 0 Å². The highest BCUT2D eigenvalue weighted by atomic mass is 19.3. The Morgan fingerprint density at radius 3 is 2.30 bits per heavy atom. The minimum atomic E-state index is -4.70. The van der Waals surface area contributed by atoms with Crippen LogP contribution in [0.5, 0.6) is 0 Å². The molecule has 0 radical (unpaired) electrons. The van der Waals surface area contributed by atoms with Crippen LogP contribution in [0.1, 0.15) is 45.4 Å². The number of rotatable bonds is 14. The van der Waals surface area contributed by atoms with Crippen molar-refractivity contribution in [1.29, 1.82) is 0 Å². The van der Waals surface area contributed by atoms with Crippen LogP contribution in [-0.2, 0) is 23.9 Å². The van der Waals surface area contributed by atoms with Gasteiger partial charge in [-0.05, 0) is 18.9 Å². The number of alkyl halides is 8. The van der Waals surface area contributed by atoms with E-state index in [0.717, 1.165) is 5.92 Å². The Labute approximate surface area is 224 Å². The molecule has 0 spiro atoms. The van der Waals surface area contributed by atoms with Crippen LogP contribution in [-0.4, -0.2) is 94.6 Å². The van der Waals surface area contributed by atoms with Crippen LogP contribution < -0.4 is 0 Å². The molecule has 226 valence electrons. The molecule has 1 aliphatic heterocycles. The van der Waals surface area contributed by atoms with E-state index in [0.29, 0.717) is 16.7 Å². The maximum atomic E-state index is 14.8. The number of carboxylic acids is 1. The van der Waals surface area contributed by atoms with Crippen LogP contribution >= 0.6 is 0 Å². The standard InChI is InChI=1S/C24H28F8N2O6/c1-3-21(25,26)11-13-34(17(35)6-8-19(37)38)14-22(27,28)16(2)40-20(39)9-7-18(36)33-12-5-4-10-23(29,30)24(31,32)15-33/h3,16H,1,5-9,11-15H2,2H3,(H,37,38). The van der Waals surface area contributed by atoms with E-state index in [1.54, 1.807) is 0 Å². The van der Waals surface area contributed by atoms with E-state index in [4.69, 9.17) is 5.11 Å². The molecule has 40 heavy (non-hydrogen) atoms. The molecule has 1 rings (SSSR count). The number of amides is 2. The molecular formula is C24H28F8N2O6. The van der Waals surface area contributed by atoms with Crippen molar-refractivity contribution < 1.29 is 64.1 Å². The molecule has 0 aromatic rings. The number of nitrogens with zero attached hydrogens (tertiary/aromatic N) is 2. The molecule has 0 aliphatic carbocycles. The fourth-order valence-electron chi connectivity index (χ4n) is 3.23. The molecule has 0 aromatic heterocycles. The molecule has 16 heteroatoms. The molecule has 0 saturated carbocycles. The molecular weight excluding hydrogens is 564 g/mol. The van der Waals surface area contributed by atoms with Gasteiger partial charge in [-0.15, -0.1) is 0 Å². The average molecular weight is 592 g/mol. The fraction of sp³-hybridized carbons (Fsp3) is 0.667. The zero-order valence-electron chi connectivity index (χ0n) is 21.3. The van der Waals surface area contributed by atoms with Gasteiger partial charge in [-0.1, -0.05) is 12.5 Å². The summed E-state index contributed by atoms with van der Waals surface area (Å²) >= 11 is 0. The second-order valence-corrected chi connectivity index (χ2v) is 8.96. The van der Waals surface area contributed by atoms with Gasteiger partial charge in [-0.2, -0.15) is 17.6 Å². The molecule has 1 atom stereocenters. The molecule has 0 fully saturated rings. The summed E-state index contributed by atoms with van der Waals surface area (Å²) in [6.45, 7) is -0.970. The van der Waals surface area contributed by atoms with Gasteiger partial charge in [0.25, 0.3) is 5.92 Å². The van der Waals surface area contributed by atoms with Crippen LogP contribution in [0.25, 0.3) is 0 Å². The van der Waals surface area contributed by atoms with E-state index >= 15 is 0 Å². The number of ether oxygens (including phenoxy) is 1. The molecule has 1 aliphatic rings. The maximum Gasteiger partial charge on any atom is 0.372 e. The molecule has 1 N–H and O–H groups in total. The quantitative estimate of drug-likeness (QED) is 0.143. The molecule has 0 aromatic carbocycles. The summed E-state index contributed by atoms with van der Waals surface area (Å²) in [4.78, 5) is 47.9. The summed E-state index contributed by atoms with van der Waals surface area (Å²) in [5.41, 5.74) is 0. The van der Waals surface area contributed by atoms with E-state index in [1.165, 1.54) is 0 Å². The van der Waals surface area contributed by atoms with Crippen molar-refractivity contribution in [2.45, 2.75) is 75.2 Å². The Morgan fingerprint density at radius 1 is 1.10 bits per heavy atom. The monoisotopic (exact) mass is 592 g/mol. The Hall–Kier alpha value is -3.38. The van der Waals surface area contributed by atoms with Crippen molar-refractivity contribution in [2.75, 3.05) is 26.2 Å². The van der Waals surface area contributed by atoms with Gasteiger partial charge in [0, 0.05) is 38.8 Å². The topological polar surface area (TPSA) is 104 Å². The third-order valence-electron chi connectivity index (χ3n) is 5.72. The second-order valence-electron chi connectivity index (χ2n) is 8.96. The lowest BCUT2D eigenvalue weighted by Gasteiger charge is -2.31. The van der Waals surface area contributed by atoms with Crippen molar-refractivity contribution in [3.05, 3.63) is 12.7 Å². The number of carbonyl (C=O) groups excluding carboxylic acids is 3. The summed E-state index contributed by atoms with van der Waals surface area (Å²) < 4.78 is 116. The van der Waals surface area contributed by atoms with Crippen molar-refractivity contribution in [2.24, 2.45) is 0 Å². The lowest BCUT2D eigenvalue weighted by Crippen LogP contribution is -2.51. The van der Waals surface area contributed by atoms with E-state index in [1.807, 2.05) is 5.92 Å². The minimum Gasteiger partial charge on any atom is -0.481 e. The molecule has 1 heterocycles. The SMILES string of the molecule is C=CC(F)(F)CCN(CC(F)(F)C(C)OC(=O)CCC(=O)N1CCC#CC(F)(F)C(F)(F)C1)C(=O)CCC(=O)O. The smallest absolute Gasteiger partial charge is 0.372 e. The number of carboxylic acid groups (broad SMARTS) is 1. The third-order valence-corrected chi connectivity index (χ3v) is 5.72. The van der Waals surface area contributed by atoms with Crippen molar-refractivity contribution in [1.82, 2.24) is 9.80 Å². The second kappa shape index (κ2) is 13.8. The highest BCUT2D eigenvalue weighted by Gasteiger charge is 2.57. The Balaban J connectivity index is 2.80.